The van der Waals surface area contributed by atoms with Gasteiger partial charge in [-0.25, -0.2) is 0 Å². The highest BCUT2D eigenvalue weighted by Crippen LogP contribution is 2.28. The van der Waals surface area contributed by atoms with Crippen LogP contribution in [-0.2, 0) is 14.3 Å². The van der Waals surface area contributed by atoms with Crippen molar-refractivity contribution in [3.8, 4) is 11.3 Å². The van der Waals surface area contributed by atoms with E-state index in [-0.39, 0.29) is 44.4 Å². The molecular formula is C23H24ClF3N4O5. The minimum atomic E-state index is -4.51. The molecule has 4 rings (SSSR count). The third-order valence-electron chi connectivity index (χ3n) is 6.26. The van der Waals surface area contributed by atoms with Crippen LogP contribution in [0.1, 0.15) is 29.4 Å². The maximum absolute atomic E-state index is 13.2. The summed E-state index contributed by atoms with van der Waals surface area (Å²) in [5, 5.41) is 14.1. The van der Waals surface area contributed by atoms with Gasteiger partial charge in [-0.2, -0.15) is 18.3 Å². The average Bonchev–Trinajstić information content (AvgIpc) is 3.27. The quantitative estimate of drug-likeness (QED) is 0.592. The molecule has 9 nitrogen and oxygen atoms in total. The first-order chi connectivity index (χ1) is 17.0. The van der Waals surface area contributed by atoms with E-state index < -0.39 is 36.6 Å². The topological polar surface area (TPSA) is 105 Å². The number of carboxylic acid groups (broad SMARTS) is 1. The third kappa shape index (κ3) is 5.98. The van der Waals surface area contributed by atoms with Gasteiger partial charge in [-0.05, 0) is 31.0 Å². The fraction of sp³-hybridized carbons (Fsp3) is 0.478. The number of aromatic nitrogens is 2. The molecule has 1 atom stereocenters. The van der Waals surface area contributed by atoms with E-state index in [4.69, 9.17) is 21.4 Å². The van der Waals surface area contributed by atoms with Crippen LogP contribution in [0.25, 0.3) is 11.3 Å². The average molecular weight is 529 g/mol. The van der Waals surface area contributed by atoms with Crippen molar-refractivity contribution >= 4 is 29.4 Å². The Morgan fingerprint density at radius 3 is 2.44 bits per heavy atom. The summed E-state index contributed by atoms with van der Waals surface area (Å²) in [7, 11) is 0. The molecule has 2 aliphatic rings. The Kier molecular flexibility index (Phi) is 7.55. The summed E-state index contributed by atoms with van der Waals surface area (Å²) in [6.07, 6.45) is -3.87. The summed E-state index contributed by atoms with van der Waals surface area (Å²) in [6, 6.07) is 7.50. The number of fused-ring (bicyclic) bond motifs is 1. The number of ether oxygens (including phenoxy) is 1. The highest BCUT2D eigenvalue weighted by atomic mass is 35.5. The number of piperidine rings is 1. The molecule has 0 radical (unpaired) electrons. The van der Waals surface area contributed by atoms with E-state index in [0.29, 0.717) is 29.1 Å². The molecule has 2 aliphatic heterocycles. The van der Waals surface area contributed by atoms with Gasteiger partial charge in [-0.3, -0.25) is 19.1 Å². The molecule has 1 aromatic heterocycles. The van der Waals surface area contributed by atoms with Gasteiger partial charge in [0.25, 0.3) is 5.91 Å². The van der Waals surface area contributed by atoms with Gasteiger partial charge in [0.15, 0.2) is 0 Å². The molecule has 0 saturated carbocycles. The Morgan fingerprint density at radius 2 is 1.83 bits per heavy atom. The molecule has 2 amide bonds. The van der Waals surface area contributed by atoms with Crippen molar-refractivity contribution < 1.29 is 37.4 Å². The number of carboxylic acids is 1. The van der Waals surface area contributed by atoms with Crippen molar-refractivity contribution in [2.24, 2.45) is 5.92 Å². The standard InChI is InChI=1S/C23H24ClF3N4O5/c24-16-3-1-14(2-4-16)18-9-19-21(33)30(10-17(31(19)28-18)12-36-13-23(25,26)27)11-20(32)29-7-5-15(6-8-29)22(34)35/h1-4,9,15,17H,5-8,10-13H2,(H,34,35). The number of aliphatic carboxylic acids is 1. The molecular weight excluding hydrogens is 505 g/mol. The van der Waals surface area contributed by atoms with Crippen LogP contribution in [0, 0.1) is 5.92 Å². The molecule has 0 bridgehead atoms. The number of amides is 2. The van der Waals surface area contributed by atoms with Crippen molar-refractivity contribution in [2.45, 2.75) is 25.1 Å². The van der Waals surface area contributed by atoms with Crippen LogP contribution in [0.5, 0.6) is 0 Å². The lowest BCUT2D eigenvalue weighted by Crippen LogP contribution is -2.50. The first-order valence-corrected chi connectivity index (χ1v) is 11.7. The number of rotatable bonds is 7. The Balaban J connectivity index is 1.52. The normalized spacial score (nSPS) is 18.9. The second-order valence-corrected chi connectivity index (χ2v) is 9.27. The predicted octanol–water partition coefficient (Wildman–Crippen LogP) is 3.10. The highest BCUT2D eigenvalue weighted by Gasteiger charge is 2.37. The molecule has 194 valence electrons. The van der Waals surface area contributed by atoms with Gasteiger partial charge in [0, 0.05) is 30.2 Å². The number of hydrogen-bond acceptors (Lipinski definition) is 5. The Bertz CT molecular complexity index is 1130. The first-order valence-electron chi connectivity index (χ1n) is 11.3. The summed E-state index contributed by atoms with van der Waals surface area (Å²) in [4.78, 5) is 40.0. The van der Waals surface area contributed by atoms with E-state index >= 15 is 0 Å². The molecule has 1 N–H and O–H groups in total. The number of benzene rings is 1. The van der Waals surface area contributed by atoms with E-state index in [2.05, 4.69) is 5.10 Å². The lowest BCUT2D eigenvalue weighted by Gasteiger charge is -2.36. The minimum Gasteiger partial charge on any atom is -0.481 e. The fourth-order valence-corrected chi connectivity index (χ4v) is 4.51. The third-order valence-corrected chi connectivity index (χ3v) is 6.51. The molecule has 36 heavy (non-hydrogen) atoms. The van der Waals surface area contributed by atoms with E-state index in [0.717, 1.165) is 0 Å². The number of halogens is 4. The van der Waals surface area contributed by atoms with Crippen LogP contribution in [0.3, 0.4) is 0 Å². The Hall–Kier alpha value is -3.12. The lowest BCUT2D eigenvalue weighted by molar-refractivity contribution is -0.176. The van der Waals surface area contributed by atoms with Crippen molar-refractivity contribution in [1.82, 2.24) is 19.6 Å². The fourth-order valence-electron chi connectivity index (χ4n) is 4.38. The smallest absolute Gasteiger partial charge is 0.411 e. The lowest BCUT2D eigenvalue weighted by atomic mass is 9.97. The van der Waals surface area contributed by atoms with Gasteiger partial charge in [-0.15, -0.1) is 0 Å². The zero-order chi connectivity index (χ0) is 26.0. The number of carbonyl (C=O) groups is 3. The second-order valence-electron chi connectivity index (χ2n) is 8.83. The van der Waals surface area contributed by atoms with E-state index in [1.165, 1.54) is 20.5 Å². The molecule has 0 aliphatic carbocycles. The van der Waals surface area contributed by atoms with Gasteiger partial charge in [0.2, 0.25) is 5.91 Å². The van der Waals surface area contributed by atoms with Gasteiger partial charge in [0.1, 0.15) is 18.8 Å². The second kappa shape index (κ2) is 10.5. The molecule has 1 aromatic carbocycles. The summed E-state index contributed by atoms with van der Waals surface area (Å²) in [5.74, 6) is -2.25. The zero-order valence-electron chi connectivity index (χ0n) is 19.1. The summed E-state index contributed by atoms with van der Waals surface area (Å²) in [6.45, 7) is -1.65. The van der Waals surface area contributed by atoms with E-state index in [9.17, 15) is 27.6 Å². The van der Waals surface area contributed by atoms with Gasteiger partial charge in [0.05, 0.1) is 24.3 Å². The van der Waals surface area contributed by atoms with Crippen LogP contribution in [-0.4, -0.2) is 88.0 Å². The first kappa shape index (κ1) is 26.0. The maximum atomic E-state index is 13.2. The molecule has 1 saturated heterocycles. The molecule has 1 fully saturated rings. The van der Waals surface area contributed by atoms with Gasteiger partial charge >= 0.3 is 12.1 Å². The molecule has 13 heteroatoms. The van der Waals surface area contributed by atoms with Crippen molar-refractivity contribution in [2.75, 3.05) is 39.4 Å². The number of nitrogens with zero attached hydrogens (tertiary/aromatic N) is 4. The van der Waals surface area contributed by atoms with Crippen LogP contribution < -0.4 is 0 Å². The summed E-state index contributed by atoms with van der Waals surface area (Å²) < 4.78 is 44.2. The summed E-state index contributed by atoms with van der Waals surface area (Å²) in [5.41, 5.74) is 1.22. The Morgan fingerprint density at radius 1 is 1.17 bits per heavy atom. The SMILES string of the molecule is O=C(O)C1CCN(C(=O)CN2CC(COCC(F)(F)F)n3nc(-c4ccc(Cl)cc4)cc3C2=O)CC1. The molecule has 3 heterocycles. The van der Waals surface area contributed by atoms with Crippen molar-refractivity contribution in [1.29, 1.82) is 0 Å². The molecule has 0 spiro atoms. The number of alkyl halides is 3. The molecule has 2 aromatic rings. The highest BCUT2D eigenvalue weighted by molar-refractivity contribution is 6.30. The van der Waals surface area contributed by atoms with Crippen molar-refractivity contribution in [3.05, 3.63) is 41.0 Å². The van der Waals surface area contributed by atoms with Crippen molar-refractivity contribution in [3.63, 3.8) is 0 Å². The summed E-state index contributed by atoms with van der Waals surface area (Å²) >= 11 is 5.94. The van der Waals surface area contributed by atoms with Gasteiger partial charge in [-0.1, -0.05) is 23.7 Å². The number of hydrogen-bond donors (Lipinski definition) is 1. The predicted molar refractivity (Wildman–Crippen MR) is 121 cm³/mol. The van der Waals surface area contributed by atoms with E-state index in [1.54, 1.807) is 24.3 Å². The van der Waals surface area contributed by atoms with Gasteiger partial charge < -0.3 is 19.6 Å². The Labute approximate surface area is 209 Å². The van der Waals surface area contributed by atoms with Crippen LogP contribution >= 0.6 is 11.6 Å². The van der Waals surface area contributed by atoms with E-state index in [1.807, 2.05) is 0 Å². The monoisotopic (exact) mass is 528 g/mol. The van der Waals surface area contributed by atoms with Crippen LogP contribution in [0.15, 0.2) is 30.3 Å². The van der Waals surface area contributed by atoms with Crippen LogP contribution in [0.2, 0.25) is 5.02 Å². The largest absolute Gasteiger partial charge is 0.481 e. The minimum absolute atomic E-state index is 0.0667. The molecule has 1 unspecified atom stereocenters. The maximum Gasteiger partial charge on any atom is 0.411 e. The van der Waals surface area contributed by atoms with Crippen LogP contribution in [0.4, 0.5) is 13.2 Å². The number of likely N-dealkylation sites (tertiary alicyclic amines) is 1. The number of carbonyl (C=O) groups excluding carboxylic acids is 2. The zero-order valence-corrected chi connectivity index (χ0v) is 19.8.